The van der Waals surface area contributed by atoms with E-state index in [1.807, 2.05) is 0 Å². The molecule has 0 aliphatic carbocycles. The highest BCUT2D eigenvalue weighted by Crippen LogP contribution is 2.32. The molecule has 1 aromatic carbocycles. The van der Waals surface area contributed by atoms with Gasteiger partial charge in [-0.25, -0.2) is 4.79 Å². The summed E-state index contributed by atoms with van der Waals surface area (Å²) in [6.45, 7) is 6.93. The number of phenolic OH excluding ortho intramolecular Hbond substituents is 1. The van der Waals surface area contributed by atoms with Gasteiger partial charge in [0.2, 0.25) is 0 Å². The van der Waals surface area contributed by atoms with Crippen LogP contribution in [0.2, 0.25) is 19.6 Å². The second-order valence-corrected chi connectivity index (χ2v) is 10.2. The average molecular weight is 307 g/mol. The molecule has 0 heterocycles. The Labute approximate surface area is 126 Å². The van der Waals surface area contributed by atoms with Crippen molar-refractivity contribution in [1.82, 2.24) is 0 Å². The molecule has 0 aromatic heterocycles. The molecule has 0 saturated carbocycles. The van der Waals surface area contributed by atoms with Gasteiger partial charge in [-0.2, -0.15) is 0 Å². The van der Waals surface area contributed by atoms with Crippen LogP contribution in [0.1, 0.15) is 10.4 Å². The highest BCUT2D eigenvalue weighted by atomic mass is 28.3. The number of carbonyl (C=O) groups is 1. The van der Waals surface area contributed by atoms with Crippen molar-refractivity contribution in [2.75, 3.05) is 26.1 Å². The first-order chi connectivity index (χ1) is 9.78. The molecule has 0 bridgehead atoms. The lowest BCUT2D eigenvalue weighted by Crippen LogP contribution is -2.17. The summed E-state index contributed by atoms with van der Waals surface area (Å²) in [5, 5.41) is 12.9. The minimum atomic E-state index is -1.40. The van der Waals surface area contributed by atoms with Gasteiger partial charge in [0.05, 0.1) is 26.5 Å². The summed E-state index contributed by atoms with van der Waals surface area (Å²) < 4.78 is 9.81. The largest absolute Gasteiger partial charge is 0.507 e. The summed E-state index contributed by atoms with van der Waals surface area (Å²) in [7, 11) is 1.35. The van der Waals surface area contributed by atoms with Crippen molar-refractivity contribution in [3.63, 3.8) is 0 Å². The van der Waals surface area contributed by atoms with E-state index >= 15 is 0 Å². The smallest absolute Gasteiger partial charge is 0.341 e. The number of phenols is 1. The van der Waals surface area contributed by atoms with Crippen LogP contribution in [0.3, 0.4) is 0 Å². The average Bonchev–Trinajstić information content (AvgIpc) is 2.42. The molecule has 0 atom stereocenters. The van der Waals surface area contributed by atoms with Crippen molar-refractivity contribution in [2.45, 2.75) is 19.6 Å². The number of methoxy groups -OCH3 is 2. The summed E-state index contributed by atoms with van der Waals surface area (Å²) in [4.78, 5) is 11.5. The predicted molar refractivity (Wildman–Crippen MR) is 85.6 cm³/mol. The third kappa shape index (κ3) is 5.04. The van der Waals surface area contributed by atoms with Crippen LogP contribution in [0, 0.1) is 11.5 Å². The van der Waals surface area contributed by atoms with E-state index in [1.165, 1.54) is 26.4 Å². The van der Waals surface area contributed by atoms with Crippen molar-refractivity contribution in [1.29, 1.82) is 0 Å². The maximum atomic E-state index is 11.5. The Hall–Kier alpha value is -2.13. The fourth-order valence-electron chi connectivity index (χ4n) is 1.60. The van der Waals surface area contributed by atoms with Crippen LogP contribution in [-0.2, 0) is 4.74 Å². The first kappa shape index (κ1) is 16.9. The first-order valence-corrected chi connectivity index (χ1v) is 10.0. The molecule has 0 saturated heterocycles. The van der Waals surface area contributed by atoms with Gasteiger partial charge in [0.1, 0.15) is 25.1 Å². The van der Waals surface area contributed by atoms with Crippen LogP contribution >= 0.6 is 0 Å². The number of benzene rings is 1. The van der Waals surface area contributed by atoms with Crippen LogP contribution in [-0.4, -0.2) is 39.9 Å². The van der Waals surface area contributed by atoms with Crippen LogP contribution in [0.4, 0.5) is 5.69 Å². The number of aromatic hydroxyl groups is 1. The fraction of sp³-hybridized carbons (Fsp3) is 0.400. The Morgan fingerprint density at radius 3 is 2.52 bits per heavy atom. The number of nitrogens with one attached hydrogen (secondary N) is 1. The molecule has 1 rings (SSSR count). The highest BCUT2D eigenvalue weighted by Gasteiger charge is 2.16. The monoisotopic (exact) mass is 307 g/mol. The molecule has 2 N–H and O–H groups in total. The van der Waals surface area contributed by atoms with Crippen molar-refractivity contribution < 1.29 is 19.4 Å². The van der Waals surface area contributed by atoms with Gasteiger partial charge in [-0.3, -0.25) is 0 Å². The van der Waals surface area contributed by atoms with E-state index in [-0.39, 0.29) is 11.3 Å². The predicted octanol–water partition coefficient (Wildman–Crippen LogP) is 2.48. The molecular formula is C15H21NO4Si. The van der Waals surface area contributed by atoms with E-state index in [9.17, 15) is 9.90 Å². The Bertz CT molecular complexity index is 582. The molecule has 5 nitrogen and oxygen atoms in total. The molecule has 0 unspecified atom stereocenters. The number of ether oxygens (including phenoxy) is 2. The minimum absolute atomic E-state index is 0.0630. The van der Waals surface area contributed by atoms with Gasteiger partial charge < -0.3 is 19.9 Å². The topological polar surface area (TPSA) is 67.8 Å². The van der Waals surface area contributed by atoms with Crippen LogP contribution in [0.5, 0.6) is 11.5 Å². The Kier molecular flexibility index (Phi) is 5.67. The number of hydrogen-bond donors (Lipinski definition) is 2. The SMILES string of the molecule is COC(=O)c1cc(OC)c(NCC#C[Si](C)(C)C)cc1O. The van der Waals surface area contributed by atoms with Gasteiger partial charge >= 0.3 is 5.97 Å². The van der Waals surface area contributed by atoms with E-state index in [1.54, 1.807) is 0 Å². The van der Waals surface area contributed by atoms with Gasteiger partial charge in [0.25, 0.3) is 0 Å². The van der Waals surface area contributed by atoms with E-state index in [2.05, 4.69) is 41.2 Å². The Morgan fingerprint density at radius 2 is 2.00 bits per heavy atom. The van der Waals surface area contributed by atoms with Crippen LogP contribution in [0.25, 0.3) is 0 Å². The summed E-state index contributed by atoms with van der Waals surface area (Å²) in [5.74, 6) is 2.73. The number of rotatable bonds is 4. The molecule has 0 aliphatic rings. The van der Waals surface area contributed by atoms with Crippen LogP contribution in [0.15, 0.2) is 12.1 Å². The van der Waals surface area contributed by atoms with Gasteiger partial charge in [-0.05, 0) is 0 Å². The molecular weight excluding hydrogens is 286 g/mol. The maximum absolute atomic E-state index is 11.5. The van der Waals surface area contributed by atoms with E-state index in [0.717, 1.165) is 0 Å². The molecule has 1 aromatic rings. The minimum Gasteiger partial charge on any atom is -0.507 e. The van der Waals surface area contributed by atoms with Gasteiger partial charge in [0, 0.05) is 12.1 Å². The summed E-state index contributed by atoms with van der Waals surface area (Å²) in [6, 6.07) is 2.87. The molecule has 21 heavy (non-hydrogen) atoms. The third-order valence-corrected chi connectivity index (χ3v) is 3.48. The standard InChI is InChI=1S/C15H21NO4Si/c1-19-14-9-11(15(18)20-2)13(17)10-12(14)16-7-6-8-21(3,4)5/h9-10,16-17H,7H2,1-5H3. The van der Waals surface area contributed by atoms with Crippen molar-refractivity contribution >= 4 is 19.7 Å². The Morgan fingerprint density at radius 1 is 1.33 bits per heavy atom. The number of esters is 1. The van der Waals surface area contributed by atoms with Gasteiger partial charge in [0.15, 0.2) is 0 Å². The van der Waals surface area contributed by atoms with Gasteiger partial charge in [-0.1, -0.05) is 25.6 Å². The zero-order valence-electron chi connectivity index (χ0n) is 13.0. The summed E-state index contributed by atoms with van der Waals surface area (Å²) >= 11 is 0. The van der Waals surface area contributed by atoms with Crippen molar-refractivity contribution in [2.24, 2.45) is 0 Å². The maximum Gasteiger partial charge on any atom is 0.341 e. The lowest BCUT2D eigenvalue weighted by atomic mass is 10.1. The van der Waals surface area contributed by atoms with E-state index in [4.69, 9.17) is 4.74 Å². The number of hydrogen-bond acceptors (Lipinski definition) is 5. The second-order valence-electron chi connectivity index (χ2n) is 5.47. The lowest BCUT2D eigenvalue weighted by Gasteiger charge is -2.12. The zero-order valence-corrected chi connectivity index (χ0v) is 14.0. The molecule has 0 amide bonds. The molecule has 6 heteroatoms. The fourth-order valence-corrected chi connectivity index (χ4v) is 2.22. The summed E-state index contributed by atoms with van der Waals surface area (Å²) in [6.07, 6.45) is 0. The lowest BCUT2D eigenvalue weighted by molar-refractivity contribution is 0.0597. The Balaban J connectivity index is 2.95. The normalized spacial score (nSPS) is 10.3. The first-order valence-electron chi connectivity index (χ1n) is 6.51. The summed E-state index contributed by atoms with van der Waals surface area (Å²) in [5.41, 5.74) is 3.87. The van der Waals surface area contributed by atoms with Crippen LogP contribution < -0.4 is 10.1 Å². The van der Waals surface area contributed by atoms with Crippen molar-refractivity contribution in [3.8, 4) is 23.0 Å². The number of anilines is 1. The molecule has 114 valence electrons. The third-order valence-electron chi connectivity index (χ3n) is 2.55. The number of carbonyl (C=O) groups excluding carboxylic acids is 1. The molecule has 0 aliphatic heterocycles. The molecule has 0 spiro atoms. The van der Waals surface area contributed by atoms with Gasteiger partial charge in [-0.15, -0.1) is 5.54 Å². The van der Waals surface area contributed by atoms with E-state index < -0.39 is 14.0 Å². The van der Waals surface area contributed by atoms with E-state index in [0.29, 0.717) is 18.0 Å². The zero-order chi connectivity index (χ0) is 16.0. The molecule has 0 radical (unpaired) electrons. The quantitative estimate of drug-likeness (QED) is 0.508. The second kappa shape index (κ2) is 7.04. The molecule has 0 fully saturated rings. The highest BCUT2D eigenvalue weighted by molar-refractivity contribution is 6.83. The van der Waals surface area contributed by atoms with Crippen molar-refractivity contribution in [3.05, 3.63) is 17.7 Å².